The first-order valence-electron chi connectivity index (χ1n) is 5.07. The Morgan fingerprint density at radius 3 is 3.08 bits per heavy atom. The summed E-state index contributed by atoms with van der Waals surface area (Å²) in [4.78, 5) is 0. The molecule has 0 radical (unpaired) electrons. The number of aromatic nitrogens is 2. The van der Waals surface area contributed by atoms with E-state index in [9.17, 15) is 0 Å². The summed E-state index contributed by atoms with van der Waals surface area (Å²) in [6.07, 6.45) is 3.58. The Labute approximate surface area is 79.1 Å². The second kappa shape index (κ2) is 3.50. The first-order valence-corrected chi connectivity index (χ1v) is 5.07. The summed E-state index contributed by atoms with van der Waals surface area (Å²) in [7, 11) is 2.03. The molecule has 2 heterocycles. The van der Waals surface area contributed by atoms with Crippen LogP contribution >= 0.6 is 0 Å². The third-order valence-corrected chi connectivity index (χ3v) is 2.78. The minimum Gasteiger partial charge on any atom is -0.309 e. The second-order valence-corrected chi connectivity index (χ2v) is 3.69. The molecule has 1 N–H and O–H groups in total. The first-order chi connectivity index (χ1) is 6.31. The third-order valence-electron chi connectivity index (χ3n) is 2.78. The number of aryl methyl sites for hydroxylation is 2. The van der Waals surface area contributed by atoms with Crippen LogP contribution in [0.1, 0.15) is 37.2 Å². The smallest absolute Gasteiger partial charge is 0.0796 e. The number of hydrogen-bond acceptors (Lipinski definition) is 2. The van der Waals surface area contributed by atoms with Gasteiger partial charge in [-0.15, -0.1) is 0 Å². The van der Waals surface area contributed by atoms with Crippen LogP contribution in [0.15, 0.2) is 6.07 Å². The highest BCUT2D eigenvalue weighted by molar-refractivity contribution is 5.14. The lowest BCUT2D eigenvalue weighted by Crippen LogP contribution is -2.13. The zero-order chi connectivity index (χ0) is 9.26. The summed E-state index contributed by atoms with van der Waals surface area (Å²) in [6.45, 7) is 3.31. The Morgan fingerprint density at radius 2 is 2.54 bits per heavy atom. The van der Waals surface area contributed by atoms with Gasteiger partial charge in [-0.2, -0.15) is 5.10 Å². The van der Waals surface area contributed by atoms with Gasteiger partial charge >= 0.3 is 0 Å². The molecule has 13 heavy (non-hydrogen) atoms. The minimum absolute atomic E-state index is 0.506. The molecule has 1 aliphatic rings. The standard InChI is InChI=1S/C10H17N3/c1-3-8-7-10(12-13(8)2)9-5-4-6-11-9/h7,9,11H,3-6H2,1-2H3. The van der Waals surface area contributed by atoms with E-state index in [1.807, 2.05) is 11.7 Å². The fourth-order valence-corrected chi connectivity index (χ4v) is 1.97. The molecule has 0 amide bonds. The van der Waals surface area contributed by atoms with Crippen molar-refractivity contribution in [1.82, 2.24) is 15.1 Å². The van der Waals surface area contributed by atoms with E-state index in [4.69, 9.17) is 0 Å². The Kier molecular flexibility index (Phi) is 2.36. The summed E-state index contributed by atoms with van der Waals surface area (Å²) < 4.78 is 2.00. The molecule has 0 bridgehead atoms. The summed E-state index contributed by atoms with van der Waals surface area (Å²) in [5.41, 5.74) is 2.54. The van der Waals surface area contributed by atoms with Gasteiger partial charge in [-0.3, -0.25) is 4.68 Å². The van der Waals surface area contributed by atoms with Crippen molar-refractivity contribution in [3.8, 4) is 0 Å². The van der Waals surface area contributed by atoms with E-state index in [1.54, 1.807) is 0 Å². The van der Waals surface area contributed by atoms with Crippen LogP contribution in [-0.2, 0) is 13.5 Å². The molecule has 3 heteroatoms. The Hall–Kier alpha value is -0.830. The van der Waals surface area contributed by atoms with E-state index in [0.717, 1.165) is 13.0 Å². The van der Waals surface area contributed by atoms with Gasteiger partial charge in [0.2, 0.25) is 0 Å². The molecule has 1 aromatic rings. The molecule has 1 aliphatic heterocycles. The van der Waals surface area contributed by atoms with Crippen molar-refractivity contribution in [2.24, 2.45) is 7.05 Å². The highest BCUT2D eigenvalue weighted by atomic mass is 15.3. The Balaban J connectivity index is 2.20. The molecular weight excluding hydrogens is 162 g/mol. The minimum atomic E-state index is 0.506. The van der Waals surface area contributed by atoms with E-state index in [1.165, 1.54) is 24.2 Å². The fraction of sp³-hybridized carbons (Fsp3) is 0.700. The highest BCUT2D eigenvalue weighted by Gasteiger charge is 2.19. The van der Waals surface area contributed by atoms with Crippen LogP contribution in [0.5, 0.6) is 0 Å². The molecule has 0 aliphatic carbocycles. The predicted octanol–water partition coefficient (Wildman–Crippen LogP) is 1.41. The van der Waals surface area contributed by atoms with Crippen LogP contribution in [0, 0.1) is 0 Å². The Morgan fingerprint density at radius 1 is 1.69 bits per heavy atom. The number of hydrogen-bond donors (Lipinski definition) is 1. The zero-order valence-corrected chi connectivity index (χ0v) is 8.38. The van der Waals surface area contributed by atoms with Crippen LogP contribution in [0.2, 0.25) is 0 Å². The largest absolute Gasteiger partial charge is 0.309 e. The summed E-state index contributed by atoms with van der Waals surface area (Å²) in [5.74, 6) is 0. The quantitative estimate of drug-likeness (QED) is 0.744. The lowest BCUT2D eigenvalue weighted by atomic mass is 10.1. The molecule has 2 rings (SSSR count). The predicted molar refractivity (Wildman–Crippen MR) is 52.6 cm³/mol. The SMILES string of the molecule is CCc1cc(C2CCCN2)nn1C. The normalized spacial score (nSPS) is 22.5. The molecule has 1 unspecified atom stereocenters. The molecular formula is C10H17N3. The van der Waals surface area contributed by atoms with E-state index >= 15 is 0 Å². The van der Waals surface area contributed by atoms with E-state index in [0.29, 0.717) is 6.04 Å². The molecule has 0 aromatic carbocycles. The van der Waals surface area contributed by atoms with Crippen LogP contribution in [0.4, 0.5) is 0 Å². The van der Waals surface area contributed by atoms with Crippen molar-refractivity contribution in [3.05, 3.63) is 17.5 Å². The molecule has 1 atom stereocenters. The van der Waals surface area contributed by atoms with Crippen molar-refractivity contribution >= 4 is 0 Å². The molecule has 3 nitrogen and oxygen atoms in total. The van der Waals surface area contributed by atoms with Crippen molar-refractivity contribution in [1.29, 1.82) is 0 Å². The van der Waals surface area contributed by atoms with Crippen LogP contribution in [0.3, 0.4) is 0 Å². The molecule has 1 fully saturated rings. The average Bonchev–Trinajstić information content (AvgIpc) is 2.71. The highest BCUT2D eigenvalue weighted by Crippen LogP contribution is 2.22. The van der Waals surface area contributed by atoms with Crippen molar-refractivity contribution in [2.75, 3.05) is 6.54 Å². The van der Waals surface area contributed by atoms with Crippen LogP contribution in [-0.4, -0.2) is 16.3 Å². The average molecular weight is 179 g/mol. The van der Waals surface area contributed by atoms with Gasteiger partial charge in [0.05, 0.1) is 11.7 Å². The number of nitrogens with zero attached hydrogens (tertiary/aromatic N) is 2. The number of nitrogens with one attached hydrogen (secondary N) is 1. The van der Waals surface area contributed by atoms with E-state index in [2.05, 4.69) is 23.4 Å². The monoisotopic (exact) mass is 179 g/mol. The summed E-state index contributed by atoms with van der Waals surface area (Å²) in [5, 5.41) is 7.98. The molecule has 1 saturated heterocycles. The van der Waals surface area contributed by atoms with E-state index < -0.39 is 0 Å². The maximum Gasteiger partial charge on any atom is 0.0796 e. The molecule has 72 valence electrons. The van der Waals surface area contributed by atoms with Crippen molar-refractivity contribution in [2.45, 2.75) is 32.2 Å². The van der Waals surface area contributed by atoms with Gasteiger partial charge in [0.1, 0.15) is 0 Å². The van der Waals surface area contributed by atoms with Crippen molar-refractivity contribution < 1.29 is 0 Å². The summed E-state index contributed by atoms with van der Waals surface area (Å²) >= 11 is 0. The maximum atomic E-state index is 4.52. The Bertz CT molecular complexity index is 284. The van der Waals surface area contributed by atoms with Gasteiger partial charge < -0.3 is 5.32 Å². The van der Waals surface area contributed by atoms with Crippen LogP contribution in [0.25, 0.3) is 0 Å². The molecule has 1 aromatic heterocycles. The topological polar surface area (TPSA) is 29.9 Å². The first kappa shape index (κ1) is 8.75. The number of rotatable bonds is 2. The van der Waals surface area contributed by atoms with E-state index in [-0.39, 0.29) is 0 Å². The zero-order valence-electron chi connectivity index (χ0n) is 8.38. The lowest BCUT2D eigenvalue weighted by Gasteiger charge is -2.04. The van der Waals surface area contributed by atoms with Gasteiger partial charge in [-0.25, -0.2) is 0 Å². The third kappa shape index (κ3) is 1.61. The fourth-order valence-electron chi connectivity index (χ4n) is 1.97. The lowest BCUT2D eigenvalue weighted by molar-refractivity contribution is 0.603. The maximum absolute atomic E-state index is 4.52. The van der Waals surface area contributed by atoms with Crippen molar-refractivity contribution in [3.63, 3.8) is 0 Å². The van der Waals surface area contributed by atoms with Gasteiger partial charge in [0.25, 0.3) is 0 Å². The van der Waals surface area contributed by atoms with Crippen LogP contribution < -0.4 is 5.32 Å². The summed E-state index contributed by atoms with van der Waals surface area (Å²) in [6, 6.07) is 2.73. The van der Waals surface area contributed by atoms with Gasteiger partial charge in [-0.1, -0.05) is 6.92 Å². The van der Waals surface area contributed by atoms with Gasteiger partial charge in [0, 0.05) is 12.7 Å². The van der Waals surface area contributed by atoms with Gasteiger partial charge in [0.15, 0.2) is 0 Å². The molecule has 0 saturated carbocycles. The molecule has 0 spiro atoms. The second-order valence-electron chi connectivity index (χ2n) is 3.69. The van der Waals surface area contributed by atoms with Gasteiger partial charge in [-0.05, 0) is 31.9 Å².